The fourth-order valence-corrected chi connectivity index (χ4v) is 6.24. The Hall–Kier alpha value is -2.50. The van der Waals surface area contributed by atoms with Gasteiger partial charge in [0.15, 0.2) is 0 Å². The first-order valence-electron chi connectivity index (χ1n) is 13.4. The molecule has 39 heavy (non-hydrogen) atoms. The lowest BCUT2D eigenvalue weighted by atomic mass is 9.90. The molecule has 0 aliphatic carbocycles. The molecule has 2 N–H and O–H groups in total. The quantitative estimate of drug-likeness (QED) is 0.357. The van der Waals surface area contributed by atoms with E-state index < -0.39 is 40.2 Å². The van der Waals surface area contributed by atoms with E-state index in [1.165, 1.54) is 23.5 Å². The molecule has 0 aromatic heterocycles. The summed E-state index contributed by atoms with van der Waals surface area (Å²) in [5.74, 6) is -0.529. The zero-order chi connectivity index (χ0) is 28.4. The molecule has 1 heterocycles. The zero-order valence-electron chi connectivity index (χ0n) is 22.9. The van der Waals surface area contributed by atoms with Gasteiger partial charge in [0.25, 0.3) is 0 Å². The van der Waals surface area contributed by atoms with Crippen LogP contribution >= 0.6 is 0 Å². The van der Waals surface area contributed by atoms with Crippen LogP contribution in [0.15, 0.2) is 59.5 Å². The molecule has 2 aromatic rings. The van der Waals surface area contributed by atoms with Gasteiger partial charge >= 0.3 is 5.97 Å². The number of aliphatic hydroxyl groups is 2. The number of hydrogen-bond acceptors (Lipinski definition) is 8. The van der Waals surface area contributed by atoms with Crippen molar-refractivity contribution in [3.05, 3.63) is 60.2 Å². The van der Waals surface area contributed by atoms with Crippen LogP contribution in [-0.2, 0) is 30.7 Å². The van der Waals surface area contributed by atoms with E-state index in [2.05, 4.69) is 0 Å². The van der Waals surface area contributed by atoms with Crippen molar-refractivity contribution in [1.29, 1.82) is 0 Å². The standard InChI is InChI=1S/C29H41NO8S/c1-21(2)17-30(39(34,35)27-13-11-25(36-3)12-14-27)18-28(32)23(15-22-7-5-4-6-8-22)16-29(33)38-26-10-9-24(31)19-37-20-26/h4-8,11-14,21,23-24,26,28,31-32H,9-10,15-20H2,1-3H3/t23-,24?,26?,28-/m1/s1. The topological polar surface area (TPSA) is 123 Å². The summed E-state index contributed by atoms with van der Waals surface area (Å²) < 4.78 is 44.6. The average molecular weight is 564 g/mol. The second kappa shape index (κ2) is 14.8. The summed E-state index contributed by atoms with van der Waals surface area (Å²) in [6.45, 7) is 4.27. The minimum Gasteiger partial charge on any atom is -0.497 e. The van der Waals surface area contributed by atoms with E-state index in [0.717, 1.165) is 5.56 Å². The Morgan fingerprint density at radius 3 is 2.38 bits per heavy atom. The maximum atomic E-state index is 13.6. The highest BCUT2D eigenvalue weighted by Crippen LogP contribution is 2.25. The van der Waals surface area contributed by atoms with Gasteiger partial charge in [-0.25, -0.2) is 8.42 Å². The summed E-state index contributed by atoms with van der Waals surface area (Å²) in [6.07, 6.45) is -0.945. The van der Waals surface area contributed by atoms with Gasteiger partial charge in [0.05, 0.1) is 43.8 Å². The summed E-state index contributed by atoms with van der Waals surface area (Å²) in [5, 5.41) is 21.2. The van der Waals surface area contributed by atoms with E-state index in [4.69, 9.17) is 14.2 Å². The number of carbonyl (C=O) groups excluding carboxylic acids is 1. The molecule has 9 nitrogen and oxygen atoms in total. The van der Waals surface area contributed by atoms with Crippen LogP contribution in [0.2, 0.25) is 0 Å². The highest BCUT2D eigenvalue weighted by atomic mass is 32.2. The molecule has 2 unspecified atom stereocenters. The number of aliphatic hydroxyl groups excluding tert-OH is 2. The molecule has 1 aliphatic heterocycles. The van der Waals surface area contributed by atoms with Gasteiger partial charge in [-0.1, -0.05) is 44.2 Å². The molecular formula is C29H41NO8S. The summed E-state index contributed by atoms with van der Waals surface area (Å²) in [7, 11) is -2.41. The summed E-state index contributed by atoms with van der Waals surface area (Å²) in [5.41, 5.74) is 0.920. The molecule has 4 atom stereocenters. The fraction of sp³-hybridized carbons (Fsp3) is 0.552. The highest BCUT2D eigenvalue weighted by molar-refractivity contribution is 7.89. The van der Waals surface area contributed by atoms with Crippen LogP contribution in [0.4, 0.5) is 0 Å². The smallest absolute Gasteiger partial charge is 0.306 e. The Morgan fingerprint density at radius 1 is 1.05 bits per heavy atom. The van der Waals surface area contributed by atoms with E-state index >= 15 is 0 Å². The van der Waals surface area contributed by atoms with Gasteiger partial charge in [0, 0.05) is 19.0 Å². The maximum absolute atomic E-state index is 13.6. The van der Waals surface area contributed by atoms with Gasteiger partial charge in [0.1, 0.15) is 11.9 Å². The van der Waals surface area contributed by atoms with Crippen molar-refractivity contribution in [3.8, 4) is 5.75 Å². The van der Waals surface area contributed by atoms with Crippen LogP contribution in [0, 0.1) is 11.8 Å². The fourth-order valence-electron chi connectivity index (χ4n) is 4.62. The van der Waals surface area contributed by atoms with E-state index in [0.29, 0.717) is 25.0 Å². The number of benzene rings is 2. The molecule has 0 amide bonds. The third kappa shape index (κ3) is 9.58. The molecule has 1 saturated heterocycles. The molecule has 1 fully saturated rings. The number of ether oxygens (including phenoxy) is 3. The van der Waals surface area contributed by atoms with Gasteiger partial charge in [-0.15, -0.1) is 0 Å². The lowest BCUT2D eigenvalue weighted by Crippen LogP contribution is -2.43. The molecule has 10 heteroatoms. The molecule has 0 spiro atoms. The molecule has 0 bridgehead atoms. The number of nitrogens with zero attached hydrogens (tertiary/aromatic N) is 1. The summed E-state index contributed by atoms with van der Waals surface area (Å²) >= 11 is 0. The zero-order valence-corrected chi connectivity index (χ0v) is 23.8. The van der Waals surface area contributed by atoms with Crippen LogP contribution in [-0.4, -0.2) is 80.6 Å². The number of sulfonamides is 1. The average Bonchev–Trinajstić information content (AvgIpc) is 3.11. The Kier molecular flexibility index (Phi) is 11.7. The maximum Gasteiger partial charge on any atom is 0.306 e. The highest BCUT2D eigenvalue weighted by Gasteiger charge is 2.32. The molecule has 0 saturated carbocycles. The van der Waals surface area contributed by atoms with Crippen molar-refractivity contribution in [2.24, 2.45) is 11.8 Å². The number of methoxy groups -OCH3 is 1. The van der Waals surface area contributed by atoms with E-state index in [-0.39, 0.29) is 43.5 Å². The lowest BCUT2D eigenvalue weighted by molar-refractivity contribution is -0.154. The number of carbonyl (C=O) groups is 1. The Balaban J connectivity index is 1.78. The van der Waals surface area contributed by atoms with Crippen molar-refractivity contribution < 1.29 is 37.6 Å². The Bertz CT molecular complexity index is 1120. The van der Waals surface area contributed by atoms with Crippen molar-refractivity contribution in [2.75, 3.05) is 33.4 Å². The van der Waals surface area contributed by atoms with Crippen LogP contribution in [0.3, 0.4) is 0 Å². The molecule has 216 valence electrons. The molecule has 3 rings (SSSR count). The van der Waals surface area contributed by atoms with Gasteiger partial charge in [0.2, 0.25) is 10.0 Å². The van der Waals surface area contributed by atoms with E-state index in [1.54, 1.807) is 12.1 Å². The van der Waals surface area contributed by atoms with Gasteiger partial charge in [-0.05, 0) is 55.0 Å². The largest absolute Gasteiger partial charge is 0.497 e. The van der Waals surface area contributed by atoms with Crippen LogP contribution < -0.4 is 4.74 Å². The summed E-state index contributed by atoms with van der Waals surface area (Å²) in [4.78, 5) is 13.1. The molecule has 1 aliphatic rings. The van der Waals surface area contributed by atoms with Crippen molar-refractivity contribution >= 4 is 16.0 Å². The van der Waals surface area contributed by atoms with E-state index in [1.807, 2.05) is 44.2 Å². The monoisotopic (exact) mass is 563 g/mol. The van der Waals surface area contributed by atoms with E-state index in [9.17, 15) is 23.4 Å². The second-order valence-corrected chi connectivity index (χ2v) is 12.4. The van der Waals surface area contributed by atoms with Crippen LogP contribution in [0.5, 0.6) is 5.75 Å². The number of esters is 1. The molecular weight excluding hydrogens is 522 g/mol. The Labute approximate surface area is 231 Å². The summed E-state index contributed by atoms with van der Waals surface area (Å²) in [6, 6.07) is 15.6. The third-order valence-corrected chi connectivity index (χ3v) is 8.55. The second-order valence-electron chi connectivity index (χ2n) is 10.5. The number of hydrogen-bond donors (Lipinski definition) is 2. The first kappa shape index (κ1) is 31.0. The van der Waals surface area contributed by atoms with Gasteiger partial charge in [-0.2, -0.15) is 4.31 Å². The van der Waals surface area contributed by atoms with Crippen molar-refractivity contribution in [3.63, 3.8) is 0 Å². The van der Waals surface area contributed by atoms with Gasteiger partial charge < -0.3 is 24.4 Å². The third-order valence-electron chi connectivity index (χ3n) is 6.70. The molecule has 2 aromatic carbocycles. The molecule has 0 radical (unpaired) electrons. The minimum absolute atomic E-state index is 0.00773. The van der Waals surface area contributed by atoms with Crippen molar-refractivity contribution in [1.82, 2.24) is 4.31 Å². The SMILES string of the molecule is COc1ccc(S(=O)(=O)N(CC(C)C)C[C@@H](O)[C@@H](CC(=O)OC2CCC(O)COC2)Cc2ccccc2)cc1. The number of rotatable bonds is 13. The normalized spacial score (nSPS) is 19.9. The Morgan fingerprint density at radius 2 is 1.74 bits per heavy atom. The first-order chi connectivity index (χ1) is 18.6. The minimum atomic E-state index is -3.92. The predicted molar refractivity (Wildman–Crippen MR) is 147 cm³/mol. The predicted octanol–water partition coefficient (Wildman–Crippen LogP) is 3.03. The van der Waals surface area contributed by atoms with Crippen LogP contribution in [0.1, 0.15) is 38.7 Å². The first-order valence-corrected chi connectivity index (χ1v) is 14.8. The van der Waals surface area contributed by atoms with Crippen molar-refractivity contribution in [2.45, 2.75) is 62.7 Å². The van der Waals surface area contributed by atoms with Crippen LogP contribution in [0.25, 0.3) is 0 Å². The van der Waals surface area contributed by atoms with Gasteiger partial charge in [-0.3, -0.25) is 4.79 Å². The lowest BCUT2D eigenvalue weighted by Gasteiger charge is -2.30.